The van der Waals surface area contributed by atoms with Crippen LogP contribution in [0.5, 0.6) is 0 Å². The highest BCUT2D eigenvalue weighted by Gasteiger charge is 2.13. The predicted molar refractivity (Wildman–Crippen MR) is 67.5 cm³/mol. The molecular formula is C12H12N6O. The first-order valence-electron chi connectivity index (χ1n) is 5.82. The molecule has 0 aliphatic rings. The van der Waals surface area contributed by atoms with Crippen LogP contribution in [0.25, 0.3) is 5.78 Å². The summed E-state index contributed by atoms with van der Waals surface area (Å²) < 4.78 is 1.55. The monoisotopic (exact) mass is 256 g/mol. The van der Waals surface area contributed by atoms with Gasteiger partial charge >= 0.3 is 0 Å². The van der Waals surface area contributed by atoms with Crippen LogP contribution in [0.15, 0.2) is 30.7 Å². The summed E-state index contributed by atoms with van der Waals surface area (Å²) in [7, 11) is 0. The van der Waals surface area contributed by atoms with Crippen LogP contribution >= 0.6 is 0 Å². The summed E-state index contributed by atoms with van der Waals surface area (Å²) in [5, 5.41) is 6.89. The first kappa shape index (κ1) is 11.4. The Bertz CT molecular complexity index is 715. The van der Waals surface area contributed by atoms with Gasteiger partial charge in [-0.25, -0.2) is 9.50 Å². The Morgan fingerprint density at radius 2 is 2.37 bits per heavy atom. The van der Waals surface area contributed by atoms with E-state index in [0.717, 1.165) is 11.3 Å². The van der Waals surface area contributed by atoms with Gasteiger partial charge in [0.05, 0.1) is 0 Å². The van der Waals surface area contributed by atoms with Crippen LogP contribution in [-0.4, -0.2) is 30.5 Å². The van der Waals surface area contributed by atoms with Crippen molar-refractivity contribution in [2.24, 2.45) is 0 Å². The molecule has 0 aliphatic carbocycles. The molecule has 3 rings (SSSR count). The lowest BCUT2D eigenvalue weighted by atomic mass is 10.3. The SMILES string of the molecule is Cc1ccnc2nc(C(=O)NCc3cc[nH]c3)nn12. The third kappa shape index (κ3) is 2.17. The molecular weight excluding hydrogens is 244 g/mol. The lowest BCUT2D eigenvalue weighted by molar-refractivity contribution is 0.0941. The molecule has 0 spiro atoms. The van der Waals surface area contributed by atoms with E-state index in [1.807, 2.05) is 25.3 Å². The normalized spacial score (nSPS) is 10.8. The van der Waals surface area contributed by atoms with Gasteiger partial charge in [0.25, 0.3) is 11.7 Å². The van der Waals surface area contributed by atoms with Gasteiger partial charge in [-0.15, -0.1) is 5.10 Å². The van der Waals surface area contributed by atoms with E-state index >= 15 is 0 Å². The number of rotatable bonds is 3. The molecule has 0 aliphatic heterocycles. The molecule has 2 N–H and O–H groups in total. The zero-order chi connectivity index (χ0) is 13.2. The number of carbonyl (C=O) groups is 1. The average molecular weight is 256 g/mol. The highest BCUT2D eigenvalue weighted by molar-refractivity contribution is 5.90. The highest BCUT2D eigenvalue weighted by Crippen LogP contribution is 2.02. The first-order chi connectivity index (χ1) is 9.24. The van der Waals surface area contributed by atoms with Gasteiger partial charge in [0.15, 0.2) is 0 Å². The predicted octanol–water partition coefficient (Wildman–Crippen LogP) is 0.691. The molecule has 3 aromatic heterocycles. The molecule has 7 heteroatoms. The van der Waals surface area contributed by atoms with Crippen LogP contribution in [-0.2, 0) is 6.54 Å². The molecule has 7 nitrogen and oxygen atoms in total. The van der Waals surface area contributed by atoms with Gasteiger partial charge in [0, 0.05) is 30.8 Å². The molecule has 3 aromatic rings. The summed E-state index contributed by atoms with van der Waals surface area (Å²) in [6.07, 6.45) is 5.27. The Morgan fingerprint density at radius 3 is 3.11 bits per heavy atom. The molecule has 0 saturated carbocycles. The van der Waals surface area contributed by atoms with Crippen molar-refractivity contribution in [2.75, 3.05) is 0 Å². The number of hydrogen-bond donors (Lipinski definition) is 2. The van der Waals surface area contributed by atoms with E-state index < -0.39 is 0 Å². The molecule has 96 valence electrons. The molecule has 3 heterocycles. The fourth-order valence-corrected chi connectivity index (χ4v) is 1.73. The standard InChI is InChI=1S/C12H12N6O/c1-8-2-5-14-12-16-10(17-18(8)12)11(19)15-7-9-3-4-13-6-9/h2-6,13H,7H2,1H3,(H,15,19). The van der Waals surface area contributed by atoms with Gasteiger partial charge in [-0.3, -0.25) is 4.79 Å². The molecule has 0 saturated heterocycles. The fraction of sp³-hybridized carbons (Fsp3) is 0.167. The second-order valence-electron chi connectivity index (χ2n) is 4.14. The summed E-state index contributed by atoms with van der Waals surface area (Å²) in [5.74, 6) is 0.232. The smallest absolute Gasteiger partial charge is 0.291 e. The van der Waals surface area contributed by atoms with Crippen LogP contribution in [0.4, 0.5) is 0 Å². The quantitative estimate of drug-likeness (QED) is 0.721. The zero-order valence-corrected chi connectivity index (χ0v) is 10.3. The van der Waals surface area contributed by atoms with Crippen molar-refractivity contribution in [1.29, 1.82) is 0 Å². The van der Waals surface area contributed by atoms with Crippen molar-refractivity contribution in [2.45, 2.75) is 13.5 Å². The molecule has 1 amide bonds. The van der Waals surface area contributed by atoms with Gasteiger partial charge in [-0.1, -0.05) is 0 Å². The third-order valence-electron chi connectivity index (χ3n) is 2.75. The zero-order valence-electron chi connectivity index (χ0n) is 10.3. The van der Waals surface area contributed by atoms with Gasteiger partial charge in [0.1, 0.15) is 0 Å². The topological polar surface area (TPSA) is 88.0 Å². The van der Waals surface area contributed by atoms with Crippen molar-refractivity contribution in [3.05, 3.63) is 47.8 Å². The first-order valence-corrected chi connectivity index (χ1v) is 5.82. The minimum Gasteiger partial charge on any atom is -0.367 e. The fourth-order valence-electron chi connectivity index (χ4n) is 1.73. The van der Waals surface area contributed by atoms with Crippen molar-refractivity contribution in [3.63, 3.8) is 0 Å². The molecule has 0 atom stereocenters. The summed E-state index contributed by atoms with van der Waals surface area (Å²) in [6.45, 7) is 2.31. The Kier molecular flexibility index (Phi) is 2.71. The largest absolute Gasteiger partial charge is 0.367 e. The molecule has 0 aromatic carbocycles. The van der Waals surface area contributed by atoms with E-state index in [9.17, 15) is 4.79 Å². The number of aryl methyl sites for hydroxylation is 1. The van der Waals surface area contributed by atoms with Crippen molar-refractivity contribution < 1.29 is 4.79 Å². The van der Waals surface area contributed by atoms with Crippen molar-refractivity contribution >= 4 is 11.7 Å². The summed E-state index contributed by atoms with van der Waals surface area (Å²) in [4.78, 5) is 23.0. The van der Waals surface area contributed by atoms with Gasteiger partial charge in [0.2, 0.25) is 5.82 Å². The van der Waals surface area contributed by atoms with E-state index in [-0.39, 0.29) is 11.7 Å². The number of nitrogens with one attached hydrogen (secondary N) is 2. The number of amides is 1. The van der Waals surface area contributed by atoms with E-state index in [4.69, 9.17) is 0 Å². The van der Waals surface area contributed by atoms with E-state index in [0.29, 0.717) is 12.3 Å². The number of hydrogen-bond acceptors (Lipinski definition) is 4. The number of aromatic nitrogens is 5. The van der Waals surface area contributed by atoms with Crippen LogP contribution in [0.3, 0.4) is 0 Å². The lowest BCUT2D eigenvalue weighted by Crippen LogP contribution is -2.23. The van der Waals surface area contributed by atoms with Crippen molar-refractivity contribution in [1.82, 2.24) is 29.9 Å². The van der Waals surface area contributed by atoms with E-state index in [1.165, 1.54) is 0 Å². The molecule has 0 bridgehead atoms. The number of H-pyrrole nitrogens is 1. The summed E-state index contributed by atoms with van der Waals surface area (Å²) >= 11 is 0. The maximum absolute atomic E-state index is 11.9. The lowest BCUT2D eigenvalue weighted by Gasteiger charge is -1.99. The van der Waals surface area contributed by atoms with Crippen LogP contribution < -0.4 is 5.32 Å². The molecule has 0 unspecified atom stereocenters. The maximum atomic E-state index is 11.9. The maximum Gasteiger partial charge on any atom is 0.291 e. The number of aromatic amines is 1. The number of fused-ring (bicyclic) bond motifs is 1. The Hall–Kier alpha value is -2.70. The van der Waals surface area contributed by atoms with Gasteiger partial charge in [-0.2, -0.15) is 4.98 Å². The van der Waals surface area contributed by atoms with E-state index in [2.05, 4.69) is 25.4 Å². The van der Waals surface area contributed by atoms with Crippen LogP contribution in [0.1, 0.15) is 21.9 Å². The number of carbonyl (C=O) groups excluding carboxylic acids is 1. The second kappa shape index (κ2) is 4.52. The highest BCUT2D eigenvalue weighted by atomic mass is 16.2. The van der Waals surface area contributed by atoms with Gasteiger partial charge < -0.3 is 10.3 Å². The molecule has 19 heavy (non-hydrogen) atoms. The number of nitrogens with zero attached hydrogens (tertiary/aromatic N) is 4. The van der Waals surface area contributed by atoms with E-state index in [1.54, 1.807) is 16.9 Å². The average Bonchev–Trinajstić information content (AvgIpc) is 3.05. The Labute approximate surface area is 108 Å². The molecule has 0 fully saturated rings. The Balaban J connectivity index is 1.80. The van der Waals surface area contributed by atoms with Crippen LogP contribution in [0, 0.1) is 6.92 Å². The summed E-state index contributed by atoms with van der Waals surface area (Å²) in [5.41, 5.74) is 1.87. The van der Waals surface area contributed by atoms with Crippen LogP contribution in [0.2, 0.25) is 0 Å². The molecule has 0 radical (unpaired) electrons. The minimum absolute atomic E-state index is 0.123. The second-order valence-corrected chi connectivity index (χ2v) is 4.14. The minimum atomic E-state index is -0.314. The van der Waals surface area contributed by atoms with Crippen molar-refractivity contribution in [3.8, 4) is 0 Å². The Morgan fingerprint density at radius 1 is 1.47 bits per heavy atom. The van der Waals surface area contributed by atoms with Gasteiger partial charge in [-0.05, 0) is 24.6 Å². The third-order valence-corrected chi connectivity index (χ3v) is 2.75. The summed E-state index contributed by atoms with van der Waals surface area (Å²) in [6, 6.07) is 3.70.